The zero-order chi connectivity index (χ0) is 18.2. The Hall–Kier alpha value is -2.74. The van der Waals surface area contributed by atoms with Crippen LogP contribution in [-0.4, -0.2) is 23.7 Å². The molecule has 0 radical (unpaired) electrons. The number of carbonyl (C=O) groups is 1. The highest BCUT2D eigenvalue weighted by Gasteiger charge is 2.10. The molecular weight excluding hydrogens is 390 g/mol. The lowest BCUT2D eigenvalue weighted by Crippen LogP contribution is -2.17. The summed E-state index contributed by atoms with van der Waals surface area (Å²) in [6, 6.07) is 10.9. The van der Waals surface area contributed by atoms with Crippen LogP contribution in [0.1, 0.15) is 29.3 Å². The lowest BCUT2D eigenvalue weighted by molar-refractivity contribution is -0.384. The summed E-state index contributed by atoms with van der Waals surface area (Å²) in [6.07, 6.45) is 2.39. The van der Waals surface area contributed by atoms with Crippen LogP contribution in [0, 0.1) is 10.1 Å². The molecule has 1 N–H and O–H groups in total. The summed E-state index contributed by atoms with van der Waals surface area (Å²) in [5, 5.41) is 14.6. The summed E-state index contributed by atoms with van der Waals surface area (Å²) in [4.78, 5) is 22.1. The predicted octanol–water partition coefficient (Wildman–Crippen LogP) is 3.91. The minimum absolute atomic E-state index is 0.150. The first-order valence-electron chi connectivity index (χ1n) is 7.51. The van der Waals surface area contributed by atoms with Gasteiger partial charge in [-0.05, 0) is 52.2 Å². The number of rotatable bonds is 7. The maximum absolute atomic E-state index is 12.0. The number of hydrogen-bond donors (Lipinski definition) is 1. The molecule has 0 aliphatic rings. The molecule has 0 saturated heterocycles. The Balaban J connectivity index is 2.00. The van der Waals surface area contributed by atoms with Crippen molar-refractivity contribution < 1.29 is 14.5 Å². The van der Waals surface area contributed by atoms with Crippen LogP contribution >= 0.6 is 15.9 Å². The molecule has 7 nitrogen and oxygen atoms in total. The lowest BCUT2D eigenvalue weighted by Gasteiger charge is -2.07. The van der Waals surface area contributed by atoms with Crippen LogP contribution in [0.2, 0.25) is 0 Å². The number of carbonyl (C=O) groups excluding carboxylic acids is 1. The Morgan fingerprint density at radius 3 is 2.84 bits per heavy atom. The molecule has 1 amide bonds. The molecule has 130 valence electrons. The van der Waals surface area contributed by atoms with Crippen molar-refractivity contribution in [2.24, 2.45) is 5.10 Å². The highest BCUT2D eigenvalue weighted by atomic mass is 79.9. The highest BCUT2D eigenvalue weighted by molar-refractivity contribution is 9.10. The maximum Gasteiger partial charge on any atom is 0.271 e. The van der Waals surface area contributed by atoms with Gasteiger partial charge in [0.1, 0.15) is 5.75 Å². The Morgan fingerprint density at radius 2 is 2.16 bits per heavy atom. The van der Waals surface area contributed by atoms with E-state index < -0.39 is 10.8 Å². The van der Waals surface area contributed by atoms with E-state index in [1.165, 1.54) is 30.5 Å². The van der Waals surface area contributed by atoms with Gasteiger partial charge in [-0.1, -0.05) is 13.0 Å². The minimum atomic E-state index is -0.556. The van der Waals surface area contributed by atoms with E-state index >= 15 is 0 Å². The molecule has 2 aromatic carbocycles. The molecule has 0 aromatic heterocycles. The number of ether oxygens (including phenoxy) is 1. The fraction of sp³-hybridized carbons (Fsp3) is 0.176. The summed E-state index contributed by atoms with van der Waals surface area (Å²) in [5.41, 5.74) is 3.12. The average Bonchev–Trinajstić information content (AvgIpc) is 2.61. The number of halogens is 1. The van der Waals surface area contributed by atoms with Gasteiger partial charge >= 0.3 is 0 Å². The van der Waals surface area contributed by atoms with Crippen LogP contribution < -0.4 is 10.2 Å². The summed E-state index contributed by atoms with van der Waals surface area (Å²) >= 11 is 3.42. The lowest BCUT2D eigenvalue weighted by atomic mass is 10.2. The van der Waals surface area contributed by atoms with Crippen molar-refractivity contribution in [3.05, 3.63) is 68.2 Å². The number of non-ortho nitro benzene ring substituents is 1. The normalized spacial score (nSPS) is 10.6. The number of nitro benzene ring substituents is 1. The summed E-state index contributed by atoms with van der Waals surface area (Å²) in [7, 11) is 0. The zero-order valence-corrected chi connectivity index (χ0v) is 15.0. The Labute approximate surface area is 153 Å². The molecule has 0 unspecified atom stereocenters. The standard InChI is InChI=1S/C17H16BrN3O4/c1-2-8-25-16-7-6-12(9-15(16)18)11-19-20-17(22)13-4-3-5-14(10-13)21(23)24/h3-7,9-11H,2,8H2,1H3,(H,20,22)/b19-11+. The predicted molar refractivity (Wildman–Crippen MR) is 98.1 cm³/mol. The van der Waals surface area contributed by atoms with Crippen LogP contribution in [0.4, 0.5) is 5.69 Å². The third kappa shape index (κ3) is 5.39. The van der Waals surface area contributed by atoms with Crippen LogP contribution in [0.3, 0.4) is 0 Å². The molecule has 0 spiro atoms. The SMILES string of the molecule is CCCOc1ccc(/C=N/NC(=O)c2cccc([N+](=O)[O-])c2)cc1Br. The van der Waals surface area contributed by atoms with E-state index in [2.05, 4.69) is 26.5 Å². The number of hydrogen-bond acceptors (Lipinski definition) is 5. The van der Waals surface area contributed by atoms with E-state index in [4.69, 9.17) is 4.74 Å². The number of benzene rings is 2. The monoisotopic (exact) mass is 405 g/mol. The van der Waals surface area contributed by atoms with Crippen molar-refractivity contribution in [1.29, 1.82) is 0 Å². The third-order valence-corrected chi connectivity index (χ3v) is 3.74. The van der Waals surface area contributed by atoms with Gasteiger partial charge < -0.3 is 4.74 Å². The topological polar surface area (TPSA) is 93.8 Å². The summed E-state index contributed by atoms with van der Waals surface area (Å²) in [5.74, 6) is 0.210. The number of nitrogens with one attached hydrogen (secondary N) is 1. The molecule has 0 aliphatic heterocycles. The van der Waals surface area contributed by atoms with Gasteiger partial charge in [-0.2, -0.15) is 5.10 Å². The Bertz CT molecular complexity index is 808. The average molecular weight is 406 g/mol. The van der Waals surface area contributed by atoms with Crippen molar-refractivity contribution in [2.75, 3.05) is 6.61 Å². The molecule has 8 heteroatoms. The van der Waals surface area contributed by atoms with E-state index in [0.29, 0.717) is 6.61 Å². The molecule has 0 saturated carbocycles. The number of nitrogens with zero attached hydrogens (tertiary/aromatic N) is 2. The fourth-order valence-corrected chi connectivity index (χ4v) is 2.43. The second-order valence-electron chi connectivity index (χ2n) is 5.04. The Morgan fingerprint density at radius 1 is 1.36 bits per heavy atom. The molecule has 0 bridgehead atoms. The largest absolute Gasteiger partial charge is 0.492 e. The Kier molecular flexibility index (Phi) is 6.64. The highest BCUT2D eigenvalue weighted by Crippen LogP contribution is 2.25. The smallest absolute Gasteiger partial charge is 0.271 e. The quantitative estimate of drug-likeness (QED) is 0.429. The second-order valence-corrected chi connectivity index (χ2v) is 5.90. The molecule has 25 heavy (non-hydrogen) atoms. The summed E-state index contributed by atoms with van der Waals surface area (Å²) < 4.78 is 6.34. The molecule has 0 aliphatic carbocycles. The first-order valence-corrected chi connectivity index (χ1v) is 8.30. The molecule has 0 atom stereocenters. The second kappa shape index (κ2) is 8.93. The number of nitro groups is 1. The van der Waals surface area contributed by atoms with Gasteiger partial charge in [0, 0.05) is 17.7 Å². The van der Waals surface area contributed by atoms with Gasteiger partial charge in [0.25, 0.3) is 11.6 Å². The third-order valence-electron chi connectivity index (χ3n) is 3.12. The van der Waals surface area contributed by atoms with Crippen molar-refractivity contribution in [3.8, 4) is 5.75 Å². The van der Waals surface area contributed by atoms with Gasteiger partial charge in [-0.25, -0.2) is 5.43 Å². The minimum Gasteiger partial charge on any atom is -0.492 e. The van der Waals surface area contributed by atoms with E-state index in [9.17, 15) is 14.9 Å². The first kappa shape index (κ1) is 18.6. The van der Waals surface area contributed by atoms with Crippen LogP contribution in [0.25, 0.3) is 0 Å². The molecule has 0 fully saturated rings. The first-order chi connectivity index (χ1) is 12.0. The summed E-state index contributed by atoms with van der Waals surface area (Å²) in [6.45, 7) is 2.66. The van der Waals surface area contributed by atoms with Crippen LogP contribution in [0.15, 0.2) is 52.0 Å². The van der Waals surface area contributed by atoms with E-state index in [1.54, 1.807) is 6.07 Å². The van der Waals surface area contributed by atoms with E-state index in [-0.39, 0.29) is 11.3 Å². The van der Waals surface area contributed by atoms with Gasteiger partial charge in [0.2, 0.25) is 0 Å². The molecular formula is C17H16BrN3O4. The van der Waals surface area contributed by atoms with Crippen molar-refractivity contribution in [3.63, 3.8) is 0 Å². The van der Waals surface area contributed by atoms with Crippen molar-refractivity contribution in [2.45, 2.75) is 13.3 Å². The van der Waals surface area contributed by atoms with E-state index in [0.717, 1.165) is 22.2 Å². The molecule has 2 rings (SSSR count). The van der Waals surface area contributed by atoms with Gasteiger partial charge in [-0.3, -0.25) is 14.9 Å². The van der Waals surface area contributed by atoms with E-state index in [1.807, 2.05) is 19.1 Å². The van der Waals surface area contributed by atoms with Gasteiger partial charge in [0.05, 0.1) is 22.2 Å². The number of amides is 1. The number of hydrazone groups is 1. The maximum atomic E-state index is 12.0. The fourth-order valence-electron chi connectivity index (χ4n) is 1.92. The van der Waals surface area contributed by atoms with Crippen molar-refractivity contribution in [1.82, 2.24) is 5.43 Å². The molecule has 2 aromatic rings. The van der Waals surface area contributed by atoms with Crippen LogP contribution in [0.5, 0.6) is 5.75 Å². The van der Waals surface area contributed by atoms with Crippen molar-refractivity contribution >= 4 is 33.7 Å². The van der Waals surface area contributed by atoms with Gasteiger partial charge in [-0.15, -0.1) is 0 Å². The van der Waals surface area contributed by atoms with Gasteiger partial charge in [0.15, 0.2) is 0 Å². The zero-order valence-electron chi connectivity index (χ0n) is 13.4. The molecule has 0 heterocycles. The van der Waals surface area contributed by atoms with Crippen LogP contribution in [-0.2, 0) is 0 Å².